The predicted octanol–water partition coefficient (Wildman–Crippen LogP) is 8.63. The molecule has 0 spiro atoms. The van der Waals surface area contributed by atoms with Crippen molar-refractivity contribution in [3.63, 3.8) is 0 Å². The van der Waals surface area contributed by atoms with E-state index in [0.29, 0.717) is 0 Å². The first-order chi connectivity index (χ1) is 15.1. The summed E-state index contributed by atoms with van der Waals surface area (Å²) in [5.74, 6) is 3.30. The van der Waals surface area contributed by atoms with Crippen LogP contribution in [0.5, 0.6) is 5.75 Å². The van der Waals surface area contributed by atoms with Crippen LogP contribution < -0.4 is 4.74 Å². The monoisotopic (exact) mass is 450 g/mol. The molecule has 176 valence electrons. The van der Waals surface area contributed by atoms with Crippen LogP contribution in [0.1, 0.15) is 89.5 Å². The first-order valence-electron chi connectivity index (χ1n) is 13.2. The van der Waals surface area contributed by atoms with E-state index < -0.39 is 6.61 Å². The lowest BCUT2D eigenvalue weighted by Gasteiger charge is -2.37. The van der Waals surface area contributed by atoms with Gasteiger partial charge in [-0.2, -0.15) is 8.78 Å². The fourth-order valence-corrected chi connectivity index (χ4v) is 9.71. The Hall–Kier alpha value is -0.903. The van der Waals surface area contributed by atoms with Crippen molar-refractivity contribution in [1.82, 2.24) is 0 Å². The van der Waals surface area contributed by atoms with E-state index in [1.807, 2.05) is 12.1 Å². The van der Waals surface area contributed by atoms with Gasteiger partial charge in [-0.05, 0) is 61.1 Å². The molecule has 0 aromatic heterocycles. The van der Waals surface area contributed by atoms with Gasteiger partial charge in [0.15, 0.2) is 0 Å². The standard InChI is InChI=1S/C27H44F2OSi/c1-2-3-6-19-31-20-17-25(18-21-31)24-13-9-22(10-14-24)7-4-5-8-23-11-15-26(16-12-23)30-27(28)29/h11-12,15-16,22,24-25,27,31H,2-10,13-14,17-21H2,1H3/t22-,24-,25?,31?. The van der Waals surface area contributed by atoms with Gasteiger partial charge < -0.3 is 4.74 Å². The van der Waals surface area contributed by atoms with E-state index in [4.69, 9.17) is 0 Å². The van der Waals surface area contributed by atoms with Gasteiger partial charge in [-0.3, -0.25) is 0 Å². The van der Waals surface area contributed by atoms with Gasteiger partial charge in [-0.25, -0.2) is 0 Å². The second kappa shape index (κ2) is 13.6. The molecule has 1 aromatic rings. The summed E-state index contributed by atoms with van der Waals surface area (Å²) in [4.78, 5) is 0. The van der Waals surface area contributed by atoms with Crippen LogP contribution in [0.15, 0.2) is 24.3 Å². The van der Waals surface area contributed by atoms with Gasteiger partial charge >= 0.3 is 6.61 Å². The van der Waals surface area contributed by atoms with E-state index in [1.165, 1.54) is 69.8 Å². The number of ether oxygens (including phenoxy) is 1. The van der Waals surface area contributed by atoms with Gasteiger partial charge in [0, 0.05) is 8.80 Å². The average molecular weight is 451 g/mol. The molecule has 2 fully saturated rings. The smallest absolute Gasteiger partial charge is 0.387 e. The molecule has 31 heavy (non-hydrogen) atoms. The van der Waals surface area contributed by atoms with Gasteiger partial charge in [0.2, 0.25) is 0 Å². The normalized spacial score (nSPS) is 26.8. The van der Waals surface area contributed by atoms with Crippen LogP contribution in [0.3, 0.4) is 0 Å². The highest BCUT2D eigenvalue weighted by atomic mass is 28.3. The van der Waals surface area contributed by atoms with E-state index >= 15 is 0 Å². The largest absolute Gasteiger partial charge is 0.435 e. The maximum absolute atomic E-state index is 12.2. The molecule has 3 rings (SSSR count). The third-order valence-electron chi connectivity index (χ3n) is 8.14. The molecule has 2 aliphatic rings. The summed E-state index contributed by atoms with van der Waals surface area (Å²) in [6.07, 6.45) is 18.3. The van der Waals surface area contributed by atoms with Crippen molar-refractivity contribution in [2.75, 3.05) is 0 Å². The molecule has 0 unspecified atom stereocenters. The molecule has 1 saturated carbocycles. The fraction of sp³-hybridized carbons (Fsp3) is 0.778. The maximum atomic E-state index is 12.2. The summed E-state index contributed by atoms with van der Waals surface area (Å²) in [5, 5.41) is 0. The van der Waals surface area contributed by atoms with Crippen LogP contribution in [0, 0.1) is 17.8 Å². The highest BCUT2D eigenvalue weighted by Gasteiger charge is 2.30. The van der Waals surface area contributed by atoms with Gasteiger partial charge in [0.25, 0.3) is 0 Å². The third kappa shape index (κ3) is 8.86. The second-order valence-corrected chi connectivity index (χ2v) is 13.8. The number of benzene rings is 1. The topological polar surface area (TPSA) is 9.23 Å². The second-order valence-electron chi connectivity index (χ2n) is 10.3. The molecule has 0 amide bonds. The summed E-state index contributed by atoms with van der Waals surface area (Å²) in [5.41, 5.74) is 1.22. The zero-order valence-electron chi connectivity index (χ0n) is 19.7. The van der Waals surface area contributed by atoms with Crippen LogP contribution in [0.2, 0.25) is 18.1 Å². The van der Waals surface area contributed by atoms with Gasteiger partial charge in [0.05, 0.1) is 0 Å². The van der Waals surface area contributed by atoms with Crippen molar-refractivity contribution < 1.29 is 13.5 Å². The molecular weight excluding hydrogens is 406 g/mol. The Morgan fingerprint density at radius 2 is 1.55 bits per heavy atom. The average Bonchev–Trinajstić information content (AvgIpc) is 2.79. The summed E-state index contributed by atoms with van der Waals surface area (Å²) in [7, 11) is -0.358. The lowest BCUT2D eigenvalue weighted by atomic mass is 9.73. The Balaban J connectivity index is 1.25. The minimum Gasteiger partial charge on any atom is -0.435 e. The van der Waals surface area contributed by atoms with Crippen molar-refractivity contribution in [1.29, 1.82) is 0 Å². The number of halogens is 2. The van der Waals surface area contributed by atoms with Crippen molar-refractivity contribution in [2.45, 2.75) is 115 Å². The minimum atomic E-state index is -2.74. The van der Waals surface area contributed by atoms with E-state index in [-0.39, 0.29) is 14.5 Å². The van der Waals surface area contributed by atoms with Crippen molar-refractivity contribution in [2.24, 2.45) is 17.8 Å². The lowest BCUT2D eigenvalue weighted by molar-refractivity contribution is -0.0498. The molecule has 0 atom stereocenters. The van der Waals surface area contributed by atoms with Crippen LogP contribution >= 0.6 is 0 Å². The number of rotatable bonds is 12. The molecule has 1 aliphatic carbocycles. The molecule has 0 bridgehead atoms. The van der Waals surface area contributed by atoms with Gasteiger partial charge in [-0.1, -0.05) is 95.0 Å². The summed E-state index contributed by atoms with van der Waals surface area (Å²) < 4.78 is 28.9. The first kappa shape index (κ1) is 24.7. The quantitative estimate of drug-likeness (QED) is 0.229. The first-order valence-corrected chi connectivity index (χ1v) is 15.6. The number of unbranched alkanes of at least 4 members (excludes halogenated alkanes) is 3. The summed E-state index contributed by atoms with van der Waals surface area (Å²) >= 11 is 0. The van der Waals surface area contributed by atoms with Gasteiger partial charge in [-0.15, -0.1) is 0 Å². The number of hydrogen-bond acceptors (Lipinski definition) is 1. The van der Waals surface area contributed by atoms with Crippen LogP contribution in [0.25, 0.3) is 0 Å². The Bertz CT molecular complexity index is 590. The Morgan fingerprint density at radius 1 is 0.871 bits per heavy atom. The molecule has 1 saturated heterocycles. The minimum absolute atomic E-state index is 0.253. The summed E-state index contributed by atoms with van der Waals surface area (Å²) in [6, 6.07) is 12.1. The molecule has 1 aliphatic heterocycles. The molecule has 1 aromatic carbocycles. The molecule has 1 nitrogen and oxygen atoms in total. The highest BCUT2D eigenvalue weighted by molar-refractivity contribution is 6.58. The molecule has 0 radical (unpaired) electrons. The molecule has 0 N–H and O–H groups in total. The Morgan fingerprint density at radius 3 is 2.19 bits per heavy atom. The zero-order chi connectivity index (χ0) is 21.9. The van der Waals surface area contributed by atoms with E-state index in [0.717, 1.165) is 24.2 Å². The van der Waals surface area contributed by atoms with Gasteiger partial charge in [0.1, 0.15) is 5.75 Å². The number of aryl methyl sites for hydroxylation is 1. The Kier molecular flexibility index (Phi) is 10.9. The lowest BCUT2D eigenvalue weighted by Crippen LogP contribution is -2.28. The third-order valence-corrected chi connectivity index (χ3v) is 11.7. The van der Waals surface area contributed by atoms with Crippen molar-refractivity contribution in [3.8, 4) is 5.75 Å². The van der Waals surface area contributed by atoms with Crippen LogP contribution in [-0.2, 0) is 6.42 Å². The molecule has 4 heteroatoms. The number of alkyl halides is 2. The number of hydrogen-bond donors (Lipinski definition) is 0. The van der Waals surface area contributed by atoms with Crippen LogP contribution in [-0.4, -0.2) is 15.4 Å². The zero-order valence-corrected chi connectivity index (χ0v) is 20.8. The highest BCUT2D eigenvalue weighted by Crippen LogP contribution is 2.42. The molecule has 1 heterocycles. The fourth-order valence-electron chi connectivity index (χ4n) is 6.18. The van der Waals surface area contributed by atoms with Crippen molar-refractivity contribution in [3.05, 3.63) is 29.8 Å². The SMILES string of the molecule is CCCCC[SiH]1CCC([C@H]2CC[C@H](CCCCc3ccc(OC(F)F)cc3)CC2)CC1. The van der Waals surface area contributed by atoms with Crippen LogP contribution in [0.4, 0.5) is 8.78 Å². The van der Waals surface area contributed by atoms with E-state index in [9.17, 15) is 8.78 Å². The van der Waals surface area contributed by atoms with Crippen molar-refractivity contribution >= 4 is 8.80 Å². The maximum Gasteiger partial charge on any atom is 0.387 e. The summed E-state index contributed by atoms with van der Waals surface area (Å²) in [6.45, 7) is -0.419. The van der Waals surface area contributed by atoms with E-state index in [2.05, 4.69) is 11.7 Å². The molecular formula is C27H44F2OSi. The predicted molar refractivity (Wildman–Crippen MR) is 130 cm³/mol. The van der Waals surface area contributed by atoms with E-state index in [1.54, 1.807) is 43.1 Å². The Labute approximate surface area is 191 Å².